The second kappa shape index (κ2) is 10.9. The minimum atomic E-state index is 0.365. The zero-order valence-corrected chi connectivity index (χ0v) is 26.7. The molecule has 8 aromatic rings. The SMILES string of the molecule is C1=CC2Sc3ccc(-c4nc(-c5ccccc5)nc(-c5cccc(-n6c7ccccc7c7ccc8ccccc8c76)c5)n4)cc3C2C=C1. The van der Waals surface area contributed by atoms with Gasteiger partial charge in [0.1, 0.15) is 0 Å². The van der Waals surface area contributed by atoms with Crippen LogP contribution in [-0.2, 0) is 0 Å². The first-order valence-corrected chi connectivity index (χ1v) is 17.2. The average molecular weight is 633 g/mol. The second-order valence-electron chi connectivity index (χ2n) is 12.4. The normalized spacial score (nSPS) is 16.5. The predicted molar refractivity (Wildman–Crippen MR) is 199 cm³/mol. The Hall–Kier alpha value is -5.78. The number of fused-ring (bicyclic) bond motifs is 8. The summed E-state index contributed by atoms with van der Waals surface area (Å²) >= 11 is 1.93. The minimum absolute atomic E-state index is 0.365. The number of hydrogen-bond donors (Lipinski definition) is 0. The lowest BCUT2D eigenvalue weighted by atomic mass is 9.91. The first-order chi connectivity index (χ1) is 23.8. The maximum Gasteiger partial charge on any atom is 0.164 e. The highest BCUT2D eigenvalue weighted by Crippen LogP contribution is 2.49. The molecule has 6 aromatic carbocycles. The number of aromatic nitrogens is 4. The molecule has 5 heteroatoms. The van der Waals surface area contributed by atoms with Crippen LogP contribution in [0, 0.1) is 0 Å². The number of rotatable bonds is 4. The van der Waals surface area contributed by atoms with Crippen LogP contribution in [0.4, 0.5) is 0 Å². The molecule has 0 bridgehead atoms. The van der Waals surface area contributed by atoms with Crippen LogP contribution in [0.1, 0.15) is 11.5 Å². The van der Waals surface area contributed by atoms with E-state index in [2.05, 4.69) is 144 Å². The Morgan fingerprint density at radius 3 is 2.10 bits per heavy atom. The highest BCUT2D eigenvalue weighted by Gasteiger charge is 2.31. The molecule has 2 unspecified atom stereocenters. The Morgan fingerprint density at radius 1 is 0.521 bits per heavy atom. The maximum atomic E-state index is 5.16. The Morgan fingerprint density at radius 2 is 1.23 bits per heavy atom. The number of allylic oxidation sites excluding steroid dienone is 3. The number of para-hydroxylation sites is 1. The molecule has 1 aliphatic carbocycles. The standard InChI is InChI=1S/C43H28N4S/c1-2-12-28(13-3-1)41-44-42(46-43(45-41)30-22-24-39-36(26-30)34-18-7-9-20-38(34)48-39)29-14-10-15-31(25-29)47-37-19-8-6-17-33(37)35-23-21-27-11-4-5-16-32(27)40(35)47/h1-26,34,38H. The molecule has 0 saturated carbocycles. The Labute approximate surface area is 282 Å². The van der Waals surface area contributed by atoms with Gasteiger partial charge in [-0.1, -0.05) is 127 Å². The highest BCUT2D eigenvalue weighted by molar-refractivity contribution is 8.00. The summed E-state index contributed by atoms with van der Waals surface area (Å²) in [6.45, 7) is 0. The van der Waals surface area contributed by atoms with Crippen LogP contribution in [0.15, 0.2) is 163 Å². The largest absolute Gasteiger partial charge is 0.309 e. The van der Waals surface area contributed by atoms with E-state index in [4.69, 9.17) is 15.0 Å². The van der Waals surface area contributed by atoms with Gasteiger partial charge in [0, 0.05) is 54.6 Å². The van der Waals surface area contributed by atoms with Gasteiger partial charge < -0.3 is 4.57 Å². The molecule has 226 valence electrons. The molecule has 0 amide bonds. The Balaban J connectivity index is 1.16. The smallest absolute Gasteiger partial charge is 0.164 e. The average Bonchev–Trinajstić information content (AvgIpc) is 3.71. The number of thioether (sulfide) groups is 1. The van der Waals surface area contributed by atoms with Crippen molar-refractivity contribution in [1.29, 1.82) is 0 Å². The van der Waals surface area contributed by atoms with Crippen molar-refractivity contribution in [2.75, 3.05) is 0 Å². The molecule has 0 radical (unpaired) electrons. The van der Waals surface area contributed by atoms with E-state index in [1.807, 2.05) is 30.0 Å². The molecule has 0 saturated heterocycles. The first-order valence-electron chi connectivity index (χ1n) is 16.3. The van der Waals surface area contributed by atoms with E-state index < -0.39 is 0 Å². The zero-order chi connectivity index (χ0) is 31.6. The summed E-state index contributed by atoms with van der Waals surface area (Å²) in [7, 11) is 0. The van der Waals surface area contributed by atoms with Gasteiger partial charge in [-0.05, 0) is 41.3 Å². The third kappa shape index (κ3) is 4.35. The number of hydrogen-bond acceptors (Lipinski definition) is 4. The lowest BCUT2D eigenvalue weighted by Gasteiger charge is -2.15. The summed E-state index contributed by atoms with van der Waals surface area (Å²) in [4.78, 5) is 16.6. The van der Waals surface area contributed by atoms with E-state index >= 15 is 0 Å². The van der Waals surface area contributed by atoms with Crippen LogP contribution in [0.2, 0.25) is 0 Å². The molecule has 0 spiro atoms. The molecule has 0 N–H and O–H groups in total. The zero-order valence-electron chi connectivity index (χ0n) is 25.9. The molecule has 0 fully saturated rings. The summed E-state index contributed by atoms with van der Waals surface area (Å²) in [5, 5.41) is 5.36. The minimum Gasteiger partial charge on any atom is -0.309 e. The van der Waals surface area contributed by atoms with Gasteiger partial charge in [0.25, 0.3) is 0 Å². The number of benzene rings is 6. The molecular formula is C43H28N4S. The summed E-state index contributed by atoms with van der Waals surface area (Å²) < 4.78 is 2.39. The molecule has 4 nitrogen and oxygen atoms in total. The molecule has 3 heterocycles. The third-order valence-electron chi connectivity index (χ3n) is 9.56. The van der Waals surface area contributed by atoms with Gasteiger partial charge >= 0.3 is 0 Å². The van der Waals surface area contributed by atoms with Crippen molar-refractivity contribution >= 4 is 44.3 Å². The van der Waals surface area contributed by atoms with Crippen molar-refractivity contribution in [2.45, 2.75) is 16.1 Å². The fourth-order valence-electron chi connectivity index (χ4n) is 7.31. The highest BCUT2D eigenvalue weighted by atomic mass is 32.2. The summed E-state index contributed by atoms with van der Waals surface area (Å²) in [6, 6.07) is 47.2. The molecule has 1 aliphatic heterocycles. The van der Waals surface area contributed by atoms with Crippen molar-refractivity contribution in [3.63, 3.8) is 0 Å². The Kier molecular flexibility index (Phi) is 6.21. The van der Waals surface area contributed by atoms with E-state index in [0.717, 1.165) is 22.4 Å². The van der Waals surface area contributed by atoms with Crippen LogP contribution < -0.4 is 0 Å². The molecule has 2 aromatic heterocycles. The molecular weight excluding hydrogens is 605 g/mol. The van der Waals surface area contributed by atoms with Gasteiger partial charge in [-0.3, -0.25) is 0 Å². The fourth-order valence-corrected chi connectivity index (χ4v) is 8.64. The lowest BCUT2D eigenvalue weighted by Crippen LogP contribution is -2.07. The van der Waals surface area contributed by atoms with Crippen LogP contribution in [-0.4, -0.2) is 24.8 Å². The lowest BCUT2D eigenvalue weighted by molar-refractivity contribution is 0.880. The van der Waals surface area contributed by atoms with Crippen LogP contribution in [0.5, 0.6) is 0 Å². The summed E-state index contributed by atoms with van der Waals surface area (Å²) in [6.07, 6.45) is 8.92. The molecule has 10 rings (SSSR count). The number of nitrogens with zero attached hydrogens (tertiary/aromatic N) is 4. The monoisotopic (exact) mass is 632 g/mol. The van der Waals surface area contributed by atoms with Crippen molar-refractivity contribution in [3.05, 3.63) is 163 Å². The van der Waals surface area contributed by atoms with E-state index in [1.165, 1.54) is 43.0 Å². The van der Waals surface area contributed by atoms with Crippen LogP contribution >= 0.6 is 11.8 Å². The van der Waals surface area contributed by atoms with E-state index in [0.29, 0.717) is 28.6 Å². The van der Waals surface area contributed by atoms with Crippen LogP contribution in [0.3, 0.4) is 0 Å². The van der Waals surface area contributed by atoms with Gasteiger partial charge in [-0.25, -0.2) is 15.0 Å². The second-order valence-corrected chi connectivity index (χ2v) is 13.6. The van der Waals surface area contributed by atoms with Crippen molar-refractivity contribution in [1.82, 2.24) is 19.5 Å². The van der Waals surface area contributed by atoms with Crippen molar-refractivity contribution in [3.8, 4) is 39.9 Å². The summed E-state index contributed by atoms with van der Waals surface area (Å²) in [5.41, 5.74) is 7.69. The maximum absolute atomic E-state index is 5.16. The topological polar surface area (TPSA) is 43.6 Å². The van der Waals surface area contributed by atoms with E-state index in [-0.39, 0.29) is 0 Å². The van der Waals surface area contributed by atoms with Crippen molar-refractivity contribution in [2.24, 2.45) is 0 Å². The first kappa shape index (κ1) is 27.3. The quantitative estimate of drug-likeness (QED) is 0.194. The van der Waals surface area contributed by atoms with Crippen molar-refractivity contribution < 1.29 is 0 Å². The van der Waals surface area contributed by atoms with Gasteiger partial charge in [0.15, 0.2) is 17.5 Å². The van der Waals surface area contributed by atoms with Gasteiger partial charge in [0.2, 0.25) is 0 Å². The third-order valence-corrected chi connectivity index (χ3v) is 10.9. The van der Waals surface area contributed by atoms with Crippen LogP contribution in [0.25, 0.3) is 72.4 Å². The van der Waals surface area contributed by atoms with E-state index in [1.54, 1.807) is 0 Å². The van der Waals surface area contributed by atoms with Gasteiger partial charge in [-0.2, -0.15) is 0 Å². The Bertz CT molecular complexity index is 2620. The summed E-state index contributed by atoms with van der Waals surface area (Å²) in [5.74, 6) is 2.36. The predicted octanol–water partition coefficient (Wildman–Crippen LogP) is 10.8. The molecule has 48 heavy (non-hydrogen) atoms. The van der Waals surface area contributed by atoms with Gasteiger partial charge in [-0.15, -0.1) is 11.8 Å². The van der Waals surface area contributed by atoms with E-state index in [9.17, 15) is 0 Å². The van der Waals surface area contributed by atoms with Gasteiger partial charge in [0.05, 0.1) is 11.0 Å². The molecule has 2 atom stereocenters. The molecule has 2 aliphatic rings. The fraction of sp³-hybridized carbons (Fsp3) is 0.0465.